The Morgan fingerprint density at radius 3 is 1.87 bits per heavy atom. The highest BCUT2D eigenvalue weighted by Gasteiger charge is 2.22. The largest absolute Gasteiger partial charge is 0.494 e. The second-order valence-electron chi connectivity index (χ2n) is 9.62. The van der Waals surface area contributed by atoms with Crippen LogP contribution in [-0.2, 0) is 0 Å². The van der Waals surface area contributed by atoms with Crippen molar-refractivity contribution in [2.45, 2.75) is 103 Å². The highest BCUT2D eigenvalue weighted by atomic mass is 16.5. The third-order valence-electron chi connectivity index (χ3n) is 7.15. The highest BCUT2D eigenvalue weighted by molar-refractivity contribution is 5.64. The van der Waals surface area contributed by atoms with Crippen molar-refractivity contribution in [3.8, 4) is 16.9 Å². The molecule has 0 atom stereocenters. The molecule has 2 aromatic rings. The number of benzene rings is 2. The summed E-state index contributed by atoms with van der Waals surface area (Å²) in [6.07, 6.45) is 17.6. The fourth-order valence-electron chi connectivity index (χ4n) is 5.05. The van der Waals surface area contributed by atoms with Crippen molar-refractivity contribution < 1.29 is 4.74 Å². The molecule has 1 nitrogen and oxygen atoms in total. The van der Waals surface area contributed by atoms with E-state index in [9.17, 15) is 0 Å². The van der Waals surface area contributed by atoms with E-state index >= 15 is 0 Å². The predicted molar refractivity (Wildman–Crippen MR) is 135 cm³/mol. The molecule has 1 fully saturated rings. The van der Waals surface area contributed by atoms with Crippen molar-refractivity contribution in [1.82, 2.24) is 0 Å². The zero-order valence-electron chi connectivity index (χ0n) is 20.1. The Kier molecular flexibility index (Phi) is 10.5. The van der Waals surface area contributed by atoms with Crippen LogP contribution in [0, 0.1) is 5.92 Å². The molecular weight excluding hydrogens is 376 g/mol. The van der Waals surface area contributed by atoms with Crippen molar-refractivity contribution in [2.24, 2.45) is 5.92 Å². The van der Waals surface area contributed by atoms with E-state index in [1.54, 1.807) is 5.56 Å². The Hall–Kier alpha value is -1.76. The average molecular weight is 421 g/mol. The lowest BCUT2D eigenvalue weighted by Gasteiger charge is -2.29. The van der Waals surface area contributed by atoms with Gasteiger partial charge in [0.25, 0.3) is 0 Å². The molecule has 0 aliphatic heterocycles. The molecule has 0 amide bonds. The smallest absolute Gasteiger partial charge is 0.119 e. The fraction of sp³-hybridized carbons (Fsp3) is 0.600. The number of unbranched alkanes of at least 4 members (excludes halogenated alkanes) is 6. The van der Waals surface area contributed by atoms with E-state index in [2.05, 4.69) is 62.4 Å². The van der Waals surface area contributed by atoms with Crippen LogP contribution in [0.15, 0.2) is 48.5 Å². The van der Waals surface area contributed by atoms with Crippen molar-refractivity contribution in [2.75, 3.05) is 6.61 Å². The third-order valence-corrected chi connectivity index (χ3v) is 7.15. The van der Waals surface area contributed by atoms with Gasteiger partial charge in [0.15, 0.2) is 0 Å². The van der Waals surface area contributed by atoms with Gasteiger partial charge in [0.2, 0.25) is 0 Å². The maximum absolute atomic E-state index is 5.91. The Bertz CT molecular complexity index is 707. The van der Waals surface area contributed by atoms with Crippen LogP contribution in [0.2, 0.25) is 0 Å². The summed E-state index contributed by atoms with van der Waals surface area (Å²) < 4.78 is 5.91. The van der Waals surface area contributed by atoms with Crippen LogP contribution in [0.4, 0.5) is 0 Å². The fourth-order valence-corrected chi connectivity index (χ4v) is 5.05. The van der Waals surface area contributed by atoms with Gasteiger partial charge in [-0.1, -0.05) is 102 Å². The normalized spacial score (nSPS) is 18.8. The number of ether oxygens (including phenoxy) is 1. The van der Waals surface area contributed by atoms with Gasteiger partial charge in [-0.15, -0.1) is 0 Å². The zero-order chi connectivity index (χ0) is 21.7. The Morgan fingerprint density at radius 1 is 0.645 bits per heavy atom. The van der Waals surface area contributed by atoms with Crippen LogP contribution in [0.5, 0.6) is 5.75 Å². The first-order valence-electron chi connectivity index (χ1n) is 13.1. The molecule has 1 aliphatic rings. The summed E-state index contributed by atoms with van der Waals surface area (Å²) in [5, 5.41) is 0. The lowest BCUT2D eigenvalue weighted by atomic mass is 9.77. The first-order valence-corrected chi connectivity index (χ1v) is 13.1. The van der Waals surface area contributed by atoms with Crippen molar-refractivity contribution >= 4 is 0 Å². The van der Waals surface area contributed by atoms with Gasteiger partial charge in [-0.2, -0.15) is 0 Å². The number of hydrogen-bond acceptors (Lipinski definition) is 1. The second kappa shape index (κ2) is 13.6. The Morgan fingerprint density at radius 2 is 1.23 bits per heavy atom. The molecule has 31 heavy (non-hydrogen) atoms. The maximum Gasteiger partial charge on any atom is 0.119 e. The van der Waals surface area contributed by atoms with E-state index < -0.39 is 0 Å². The van der Waals surface area contributed by atoms with Crippen LogP contribution < -0.4 is 4.74 Å². The molecule has 0 bridgehead atoms. The molecule has 170 valence electrons. The molecule has 0 N–H and O–H groups in total. The van der Waals surface area contributed by atoms with Gasteiger partial charge in [-0.3, -0.25) is 0 Å². The van der Waals surface area contributed by atoms with Crippen molar-refractivity contribution in [3.05, 3.63) is 54.1 Å². The molecule has 2 aromatic carbocycles. The summed E-state index contributed by atoms with van der Waals surface area (Å²) in [6.45, 7) is 5.39. The first kappa shape index (κ1) is 23.9. The van der Waals surface area contributed by atoms with Crippen molar-refractivity contribution in [1.29, 1.82) is 0 Å². The predicted octanol–water partition coefficient (Wildman–Crippen LogP) is 9.56. The van der Waals surface area contributed by atoms with Crippen LogP contribution in [0.1, 0.15) is 109 Å². The SMILES string of the molecule is CCCCCCCOc1ccc(-c2ccc(C3CCC(CCCCC)CC3)cc2)cc1. The van der Waals surface area contributed by atoms with Gasteiger partial charge in [0, 0.05) is 0 Å². The lowest BCUT2D eigenvalue weighted by Crippen LogP contribution is -2.13. The van der Waals surface area contributed by atoms with E-state index in [-0.39, 0.29) is 0 Å². The van der Waals surface area contributed by atoms with Gasteiger partial charge >= 0.3 is 0 Å². The minimum absolute atomic E-state index is 0.768. The molecule has 0 aromatic heterocycles. The summed E-state index contributed by atoms with van der Waals surface area (Å²) >= 11 is 0. The summed E-state index contributed by atoms with van der Waals surface area (Å²) in [6, 6.07) is 18.0. The first-order chi connectivity index (χ1) is 15.3. The van der Waals surface area contributed by atoms with Gasteiger partial charge < -0.3 is 4.74 Å². The standard InChI is InChI=1S/C30H44O/c1-3-5-7-8-10-24-31-30-22-20-29(21-23-30)28-18-16-27(17-19-28)26-14-12-25(13-15-26)11-9-6-4-2/h16-23,25-26H,3-15,24H2,1-2H3. The molecule has 0 saturated heterocycles. The molecule has 3 rings (SSSR count). The molecule has 1 aliphatic carbocycles. The van der Waals surface area contributed by atoms with Gasteiger partial charge in [-0.25, -0.2) is 0 Å². The molecule has 0 heterocycles. The van der Waals surface area contributed by atoms with Crippen LogP contribution >= 0.6 is 0 Å². The lowest BCUT2D eigenvalue weighted by molar-refractivity contribution is 0.303. The molecule has 0 unspecified atom stereocenters. The molecule has 0 spiro atoms. The van der Waals surface area contributed by atoms with E-state index in [0.29, 0.717) is 0 Å². The minimum Gasteiger partial charge on any atom is -0.494 e. The summed E-state index contributed by atoms with van der Waals surface area (Å²) in [5.74, 6) is 2.75. The minimum atomic E-state index is 0.768. The van der Waals surface area contributed by atoms with E-state index in [0.717, 1.165) is 30.6 Å². The van der Waals surface area contributed by atoms with Crippen molar-refractivity contribution in [3.63, 3.8) is 0 Å². The molecule has 1 saturated carbocycles. The number of rotatable bonds is 13. The Balaban J connectivity index is 1.43. The molecule has 0 radical (unpaired) electrons. The number of hydrogen-bond donors (Lipinski definition) is 0. The summed E-state index contributed by atoms with van der Waals surface area (Å²) in [5.41, 5.74) is 4.13. The summed E-state index contributed by atoms with van der Waals surface area (Å²) in [4.78, 5) is 0. The van der Waals surface area contributed by atoms with Gasteiger partial charge in [0.1, 0.15) is 5.75 Å². The maximum atomic E-state index is 5.91. The Labute approximate surface area is 191 Å². The van der Waals surface area contributed by atoms with Crippen LogP contribution in [0.3, 0.4) is 0 Å². The van der Waals surface area contributed by atoms with Gasteiger partial charge in [0.05, 0.1) is 6.61 Å². The highest BCUT2D eigenvalue weighted by Crippen LogP contribution is 2.38. The topological polar surface area (TPSA) is 9.23 Å². The van der Waals surface area contributed by atoms with E-state index in [1.165, 1.54) is 88.2 Å². The van der Waals surface area contributed by atoms with Gasteiger partial charge in [-0.05, 0) is 72.8 Å². The summed E-state index contributed by atoms with van der Waals surface area (Å²) in [7, 11) is 0. The second-order valence-corrected chi connectivity index (χ2v) is 9.62. The molecule has 1 heteroatoms. The van der Waals surface area contributed by atoms with Crippen LogP contribution in [-0.4, -0.2) is 6.61 Å². The van der Waals surface area contributed by atoms with E-state index in [1.807, 2.05) is 0 Å². The quantitative estimate of drug-likeness (QED) is 0.293. The molecular formula is C30H44O. The average Bonchev–Trinajstić information content (AvgIpc) is 2.82. The zero-order valence-corrected chi connectivity index (χ0v) is 20.1. The third kappa shape index (κ3) is 8.02. The van der Waals surface area contributed by atoms with Crippen LogP contribution in [0.25, 0.3) is 11.1 Å². The monoisotopic (exact) mass is 420 g/mol. The van der Waals surface area contributed by atoms with E-state index in [4.69, 9.17) is 4.74 Å².